The monoisotopic (exact) mass is 334 g/mol. The van der Waals surface area contributed by atoms with Gasteiger partial charge < -0.3 is 0 Å². The summed E-state index contributed by atoms with van der Waals surface area (Å²) in [6, 6.07) is 3.52. The molecule has 0 spiro atoms. The zero-order valence-electron chi connectivity index (χ0n) is 12.7. The van der Waals surface area contributed by atoms with Crippen molar-refractivity contribution in [2.45, 2.75) is 25.7 Å². The Balaban J connectivity index is 2.39. The molecular weight excluding hydrogens is 320 g/mol. The highest BCUT2D eigenvalue weighted by molar-refractivity contribution is 7.90. The van der Waals surface area contributed by atoms with Gasteiger partial charge in [0.15, 0.2) is 11.2 Å². The Morgan fingerprint density at radius 1 is 1.04 bits per heavy atom. The van der Waals surface area contributed by atoms with Crippen LogP contribution in [0.4, 0.5) is 0 Å². The van der Waals surface area contributed by atoms with Crippen molar-refractivity contribution < 1.29 is 8.42 Å². The van der Waals surface area contributed by atoms with Gasteiger partial charge in [0, 0.05) is 0 Å². The lowest BCUT2D eigenvalue weighted by atomic mass is 10.1. The third kappa shape index (κ3) is 2.29. The molecule has 0 saturated heterocycles. The average molecular weight is 334 g/mol. The Kier molecular flexibility index (Phi) is 3.25. The van der Waals surface area contributed by atoms with E-state index in [-0.39, 0.29) is 16.1 Å². The summed E-state index contributed by atoms with van der Waals surface area (Å²) < 4.78 is 26.8. The van der Waals surface area contributed by atoms with Crippen molar-refractivity contribution in [1.29, 1.82) is 0 Å². The van der Waals surface area contributed by atoms with E-state index in [0.717, 1.165) is 15.9 Å². The number of nitrogens with zero attached hydrogens (tertiary/aromatic N) is 2. The fraction of sp³-hybridized carbons (Fsp3) is 0.214. The highest BCUT2D eigenvalue weighted by Crippen LogP contribution is 2.25. The van der Waals surface area contributed by atoms with Gasteiger partial charge in [0.05, 0.1) is 4.90 Å². The summed E-state index contributed by atoms with van der Waals surface area (Å²) >= 11 is 0. The van der Waals surface area contributed by atoms with Crippen LogP contribution < -0.4 is 11.2 Å². The number of aromatic nitrogens is 4. The molecule has 0 amide bonds. The molecule has 0 aliphatic heterocycles. The number of nitrogens with one attached hydrogen (secondary N) is 2. The van der Waals surface area contributed by atoms with Crippen molar-refractivity contribution >= 4 is 21.2 Å². The molecule has 0 atom stereocenters. The second kappa shape index (κ2) is 4.92. The van der Waals surface area contributed by atoms with E-state index >= 15 is 0 Å². The fourth-order valence-electron chi connectivity index (χ4n) is 2.77. The van der Waals surface area contributed by atoms with Gasteiger partial charge in [-0.25, -0.2) is 22.2 Å². The average Bonchev–Trinajstić information content (AvgIpc) is 2.81. The molecule has 120 valence electrons. The number of fused-ring (bicyclic) bond motifs is 1. The molecule has 9 heteroatoms. The van der Waals surface area contributed by atoms with Gasteiger partial charge in [-0.3, -0.25) is 14.8 Å². The first-order valence-electron chi connectivity index (χ1n) is 6.75. The van der Waals surface area contributed by atoms with Crippen LogP contribution in [-0.2, 0) is 10.0 Å². The zero-order valence-corrected chi connectivity index (χ0v) is 13.5. The second-order valence-electron chi connectivity index (χ2n) is 5.38. The number of H-pyrrole nitrogens is 2. The molecule has 2 aromatic heterocycles. The number of aromatic amines is 2. The topological polar surface area (TPSA) is 118 Å². The predicted molar refractivity (Wildman–Crippen MR) is 84.2 cm³/mol. The number of benzene rings is 1. The third-order valence-electron chi connectivity index (χ3n) is 3.53. The Bertz CT molecular complexity index is 1130. The first-order chi connectivity index (χ1) is 10.7. The molecule has 0 unspecified atom stereocenters. The van der Waals surface area contributed by atoms with Gasteiger partial charge in [0.1, 0.15) is 6.33 Å². The minimum atomic E-state index is -4.00. The van der Waals surface area contributed by atoms with E-state index < -0.39 is 21.3 Å². The highest BCUT2D eigenvalue weighted by atomic mass is 32.2. The molecule has 1 aromatic carbocycles. The predicted octanol–water partition coefficient (Wildman–Crippen LogP) is 0.575. The maximum absolute atomic E-state index is 13.0. The Morgan fingerprint density at radius 2 is 1.65 bits per heavy atom. The first kappa shape index (κ1) is 15.2. The van der Waals surface area contributed by atoms with E-state index in [0.29, 0.717) is 11.1 Å². The number of rotatable bonds is 2. The number of hydrogen-bond acceptors (Lipinski definition) is 5. The molecule has 0 saturated carbocycles. The van der Waals surface area contributed by atoms with Gasteiger partial charge in [0.25, 0.3) is 15.6 Å². The molecule has 3 aromatic rings. The SMILES string of the molecule is Cc1cc(C)c(S(=O)(=O)n2cnc3c(=O)[nH]c(=O)[nH]c32)c(C)c1. The lowest BCUT2D eigenvalue weighted by molar-refractivity contribution is 0.587. The first-order valence-corrected chi connectivity index (χ1v) is 8.19. The summed E-state index contributed by atoms with van der Waals surface area (Å²) in [5, 5.41) is 0. The number of hydrogen-bond donors (Lipinski definition) is 2. The van der Waals surface area contributed by atoms with Crippen molar-refractivity contribution in [3.05, 3.63) is 56.0 Å². The van der Waals surface area contributed by atoms with Crippen LogP contribution in [0, 0.1) is 20.8 Å². The van der Waals surface area contributed by atoms with Crippen LogP contribution in [0.5, 0.6) is 0 Å². The summed E-state index contributed by atoms with van der Waals surface area (Å²) in [5.41, 5.74) is 0.271. The van der Waals surface area contributed by atoms with E-state index in [1.165, 1.54) is 0 Å². The molecular formula is C14H14N4O4S. The normalized spacial score (nSPS) is 12.0. The summed E-state index contributed by atoms with van der Waals surface area (Å²) in [4.78, 5) is 31.4. The summed E-state index contributed by atoms with van der Waals surface area (Å²) in [7, 11) is -4.00. The molecule has 0 aliphatic rings. The van der Waals surface area contributed by atoms with E-state index in [9.17, 15) is 18.0 Å². The van der Waals surface area contributed by atoms with Gasteiger partial charge in [-0.05, 0) is 31.9 Å². The summed E-state index contributed by atoms with van der Waals surface area (Å²) in [6.07, 6.45) is 1.02. The minimum Gasteiger partial charge on any atom is -0.291 e. The van der Waals surface area contributed by atoms with Gasteiger partial charge in [-0.1, -0.05) is 17.7 Å². The molecule has 23 heavy (non-hydrogen) atoms. The Morgan fingerprint density at radius 3 is 2.26 bits per heavy atom. The standard InChI is InChI=1S/C14H14N4O4S/c1-7-4-8(2)11(9(3)5-7)23(21,22)18-6-15-10-12(18)16-14(20)17-13(10)19/h4-6H,1-3H3,(H2,16,17,19,20). The van der Waals surface area contributed by atoms with E-state index in [1.54, 1.807) is 26.0 Å². The lowest BCUT2D eigenvalue weighted by Crippen LogP contribution is -2.24. The van der Waals surface area contributed by atoms with Crippen LogP contribution in [0.1, 0.15) is 16.7 Å². The molecule has 2 heterocycles. The maximum atomic E-state index is 13.0. The van der Waals surface area contributed by atoms with Crippen molar-refractivity contribution in [2.75, 3.05) is 0 Å². The van der Waals surface area contributed by atoms with Crippen LogP contribution in [0.2, 0.25) is 0 Å². The smallest absolute Gasteiger partial charge is 0.291 e. The van der Waals surface area contributed by atoms with Crippen LogP contribution >= 0.6 is 0 Å². The van der Waals surface area contributed by atoms with Crippen molar-refractivity contribution in [3.63, 3.8) is 0 Å². The van der Waals surface area contributed by atoms with E-state index in [1.807, 2.05) is 11.9 Å². The second-order valence-corrected chi connectivity index (χ2v) is 7.13. The fourth-order valence-corrected chi connectivity index (χ4v) is 4.44. The quantitative estimate of drug-likeness (QED) is 0.710. The van der Waals surface area contributed by atoms with Crippen LogP contribution in [0.15, 0.2) is 32.9 Å². The Labute approximate surface area is 130 Å². The van der Waals surface area contributed by atoms with Crippen LogP contribution in [0.3, 0.4) is 0 Å². The summed E-state index contributed by atoms with van der Waals surface area (Å²) in [5.74, 6) is 0. The van der Waals surface area contributed by atoms with Crippen molar-refractivity contribution in [3.8, 4) is 0 Å². The number of imidazole rings is 1. The minimum absolute atomic E-state index is 0.128. The van der Waals surface area contributed by atoms with E-state index in [2.05, 4.69) is 9.97 Å². The van der Waals surface area contributed by atoms with Crippen LogP contribution in [0.25, 0.3) is 11.2 Å². The van der Waals surface area contributed by atoms with Gasteiger partial charge in [0.2, 0.25) is 0 Å². The highest BCUT2D eigenvalue weighted by Gasteiger charge is 2.25. The maximum Gasteiger partial charge on any atom is 0.327 e. The van der Waals surface area contributed by atoms with Crippen LogP contribution in [-0.4, -0.2) is 27.3 Å². The van der Waals surface area contributed by atoms with Crippen molar-refractivity contribution in [2.24, 2.45) is 0 Å². The summed E-state index contributed by atoms with van der Waals surface area (Å²) in [6.45, 7) is 5.27. The molecule has 8 nitrogen and oxygen atoms in total. The van der Waals surface area contributed by atoms with Gasteiger partial charge >= 0.3 is 5.69 Å². The van der Waals surface area contributed by atoms with Gasteiger partial charge in [-0.15, -0.1) is 0 Å². The molecule has 2 N–H and O–H groups in total. The van der Waals surface area contributed by atoms with Gasteiger partial charge in [-0.2, -0.15) is 0 Å². The van der Waals surface area contributed by atoms with Crippen molar-refractivity contribution in [1.82, 2.24) is 18.9 Å². The molecule has 0 fully saturated rings. The third-order valence-corrected chi connectivity index (χ3v) is 5.49. The molecule has 0 aliphatic carbocycles. The molecule has 0 radical (unpaired) electrons. The van der Waals surface area contributed by atoms with E-state index in [4.69, 9.17) is 0 Å². The molecule has 0 bridgehead atoms. The molecule has 3 rings (SSSR count). The largest absolute Gasteiger partial charge is 0.327 e. The lowest BCUT2D eigenvalue weighted by Gasteiger charge is -2.13. The zero-order chi connectivity index (χ0) is 16.9. The Hall–Kier alpha value is -2.68. The number of aryl methyl sites for hydroxylation is 3.